The lowest BCUT2D eigenvalue weighted by Crippen LogP contribution is -2.29. The number of furan rings is 1. The number of nitrogens with one attached hydrogen (secondary N) is 2. The summed E-state index contributed by atoms with van der Waals surface area (Å²) in [4.78, 5) is 39.8. The Hall–Kier alpha value is -4.04. The third-order valence-corrected chi connectivity index (χ3v) is 7.45. The number of rotatable bonds is 8. The van der Waals surface area contributed by atoms with E-state index in [4.69, 9.17) is 16.0 Å². The lowest BCUT2D eigenvalue weighted by atomic mass is 9.94. The van der Waals surface area contributed by atoms with E-state index in [-0.39, 0.29) is 41.0 Å². The minimum atomic E-state index is -0.369. The summed E-state index contributed by atoms with van der Waals surface area (Å²) in [5.41, 5.74) is 2.97. The molecule has 3 amide bonds. The predicted octanol–water partition coefficient (Wildman–Crippen LogP) is 6.15. The zero-order valence-electron chi connectivity index (χ0n) is 21.8. The third kappa shape index (κ3) is 5.04. The highest BCUT2D eigenvalue weighted by molar-refractivity contribution is 6.19. The number of phenolic OH excluding ortho intramolecular Hbond substituents is 1. The highest BCUT2D eigenvalue weighted by Gasteiger charge is 2.36. The summed E-state index contributed by atoms with van der Waals surface area (Å²) < 4.78 is 5.88. The van der Waals surface area contributed by atoms with Crippen molar-refractivity contribution in [3.8, 4) is 5.75 Å². The largest absolute Gasteiger partial charge is 0.507 e. The minimum absolute atomic E-state index is 0.00984. The van der Waals surface area contributed by atoms with Crippen LogP contribution in [0.1, 0.15) is 65.5 Å². The van der Waals surface area contributed by atoms with Crippen LogP contribution in [0.15, 0.2) is 52.9 Å². The van der Waals surface area contributed by atoms with Crippen molar-refractivity contribution in [3.05, 3.63) is 65.4 Å². The number of phenols is 1. The molecule has 1 unspecified atom stereocenters. The molecular formula is C30H30ClN3O5. The van der Waals surface area contributed by atoms with Gasteiger partial charge in [-0.25, -0.2) is 0 Å². The maximum Gasteiger partial charge on any atom is 0.294 e. The van der Waals surface area contributed by atoms with Crippen LogP contribution in [-0.2, 0) is 4.79 Å². The molecule has 0 aliphatic carbocycles. The van der Waals surface area contributed by atoms with Crippen molar-refractivity contribution in [1.29, 1.82) is 0 Å². The van der Waals surface area contributed by atoms with Gasteiger partial charge in [0.25, 0.3) is 11.8 Å². The average molecular weight is 548 g/mol. The van der Waals surface area contributed by atoms with Crippen molar-refractivity contribution in [3.63, 3.8) is 0 Å². The Kier molecular flexibility index (Phi) is 7.48. The van der Waals surface area contributed by atoms with Gasteiger partial charge in [0.05, 0.1) is 5.69 Å². The summed E-state index contributed by atoms with van der Waals surface area (Å²) in [6.07, 6.45) is 2.22. The first-order valence-corrected chi connectivity index (χ1v) is 13.7. The van der Waals surface area contributed by atoms with E-state index in [0.717, 1.165) is 18.4 Å². The molecule has 0 fully saturated rings. The lowest BCUT2D eigenvalue weighted by Gasteiger charge is -2.17. The Balaban J connectivity index is 1.51. The standard InChI is InChI=1S/C30H30ClN3O5/c1-3-5-10-32-29(37)17-6-8-21-22(12-17)28-19(15-31)16-34(23(28)14-24(21)35)30(38)26-13-18-11-20(33-27(36)4-2)7-9-25(18)39-26/h6-9,11-14,19,35H,3-5,10,15-16H2,1-2H3,(H,32,37)(H,33,36). The fourth-order valence-corrected chi connectivity index (χ4v) is 5.28. The van der Waals surface area contributed by atoms with Crippen LogP contribution in [0.4, 0.5) is 11.4 Å². The van der Waals surface area contributed by atoms with Crippen molar-refractivity contribution < 1.29 is 23.9 Å². The zero-order chi connectivity index (χ0) is 27.7. The van der Waals surface area contributed by atoms with Crippen molar-refractivity contribution in [1.82, 2.24) is 5.32 Å². The molecule has 0 radical (unpaired) electrons. The summed E-state index contributed by atoms with van der Waals surface area (Å²) in [6, 6.07) is 13.6. The summed E-state index contributed by atoms with van der Waals surface area (Å²) in [7, 11) is 0. The van der Waals surface area contributed by atoms with Gasteiger partial charge >= 0.3 is 0 Å². The summed E-state index contributed by atoms with van der Waals surface area (Å²) >= 11 is 6.38. The Morgan fingerprint density at radius 1 is 1.08 bits per heavy atom. The van der Waals surface area contributed by atoms with Gasteiger partial charge in [0, 0.05) is 59.4 Å². The van der Waals surface area contributed by atoms with Crippen molar-refractivity contribution >= 4 is 62.4 Å². The number of amides is 3. The minimum Gasteiger partial charge on any atom is -0.507 e. The van der Waals surface area contributed by atoms with Gasteiger partial charge in [-0.2, -0.15) is 0 Å². The average Bonchev–Trinajstić information content (AvgIpc) is 3.53. The lowest BCUT2D eigenvalue weighted by molar-refractivity contribution is -0.115. The zero-order valence-corrected chi connectivity index (χ0v) is 22.6. The topological polar surface area (TPSA) is 112 Å². The van der Waals surface area contributed by atoms with E-state index in [1.54, 1.807) is 60.4 Å². The predicted molar refractivity (Wildman–Crippen MR) is 153 cm³/mol. The number of alkyl halides is 1. The van der Waals surface area contributed by atoms with Crippen molar-refractivity contribution in [2.24, 2.45) is 0 Å². The molecule has 1 aliphatic rings. The molecule has 1 aromatic heterocycles. The van der Waals surface area contributed by atoms with E-state index >= 15 is 0 Å². The maximum absolute atomic E-state index is 13.7. The quantitative estimate of drug-likeness (QED) is 0.181. The number of anilines is 2. The Bertz CT molecular complexity index is 1590. The molecule has 0 bridgehead atoms. The van der Waals surface area contributed by atoms with E-state index in [9.17, 15) is 19.5 Å². The summed E-state index contributed by atoms with van der Waals surface area (Å²) in [6.45, 7) is 4.72. The number of hydrogen-bond acceptors (Lipinski definition) is 5. The van der Waals surface area contributed by atoms with Crippen LogP contribution in [-0.4, -0.2) is 41.8 Å². The second-order valence-corrected chi connectivity index (χ2v) is 10.0. The van der Waals surface area contributed by atoms with Crippen LogP contribution in [0, 0.1) is 0 Å². The number of unbranched alkanes of at least 4 members (excludes halogenated alkanes) is 1. The molecule has 3 aromatic carbocycles. The Labute approximate surface area is 230 Å². The number of carbonyl (C=O) groups excluding carboxylic acids is 3. The first-order valence-electron chi connectivity index (χ1n) is 13.1. The number of nitrogens with zero attached hydrogens (tertiary/aromatic N) is 1. The van der Waals surface area contributed by atoms with E-state index in [1.807, 2.05) is 0 Å². The van der Waals surface area contributed by atoms with E-state index in [2.05, 4.69) is 17.6 Å². The Morgan fingerprint density at radius 3 is 2.64 bits per heavy atom. The highest BCUT2D eigenvalue weighted by atomic mass is 35.5. The second-order valence-electron chi connectivity index (χ2n) is 9.73. The first-order chi connectivity index (χ1) is 18.8. The van der Waals surface area contributed by atoms with E-state index in [1.165, 1.54) is 0 Å². The fraction of sp³-hybridized carbons (Fsp3) is 0.300. The van der Waals surface area contributed by atoms with Gasteiger partial charge in [-0.15, -0.1) is 11.6 Å². The molecule has 4 aromatic rings. The van der Waals surface area contributed by atoms with Crippen LogP contribution < -0.4 is 15.5 Å². The summed E-state index contributed by atoms with van der Waals surface area (Å²) in [5.74, 6) is -0.469. The molecule has 39 heavy (non-hydrogen) atoms. The number of aromatic hydroxyl groups is 1. The Morgan fingerprint density at radius 2 is 1.90 bits per heavy atom. The molecule has 2 heterocycles. The SMILES string of the molecule is CCCCNC(=O)c1ccc2c(O)cc3c(c2c1)C(CCl)CN3C(=O)c1cc2cc(NC(=O)CC)ccc2o1. The van der Waals surface area contributed by atoms with E-state index in [0.29, 0.717) is 58.2 Å². The summed E-state index contributed by atoms with van der Waals surface area (Å²) in [5, 5.41) is 18.6. The van der Waals surface area contributed by atoms with Gasteiger partial charge in [0.15, 0.2) is 5.76 Å². The fourth-order valence-electron chi connectivity index (χ4n) is 5.02. The maximum atomic E-state index is 13.7. The van der Waals surface area contributed by atoms with Crippen LogP contribution in [0.2, 0.25) is 0 Å². The third-order valence-electron chi connectivity index (χ3n) is 7.08. The molecule has 0 saturated heterocycles. The van der Waals surface area contributed by atoms with Crippen molar-refractivity contribution in [2.45, 2.75) is 39.0 Å². The molecule has 8 nitrogen and oxygen atoms in total. The number of benzene rings is 3. The molecule has 202 valence electrons. The van der Waals surface area contributed by atoms with Crippen molar-refractivity contribution in [2.75, 3.05) is 29.2 Å². The van der Waals surface area contributed by atoms with E-state index < -0.39 is 0 Å². The van der Waals surface area contributed by atoms with Gasteiger partial charge in [0.2, 0.25) is 5.91 Å². The smallest absolute Gasteiger partial charge is 0.294 e. The van der Waals surface area contributed by atoms with Gasteiger partial charge < -0.3 is 25.1 Å². The molecule has 5 rings (SSSR count). The number of carbonyl (C=O) groups is 3. The van der Waals surface area contributed by atoms with Crippen LogP contribution in [0.3, 0.4) is 0 Å². The van der Waals surface area contributed by atoms with Gasteiger partial charge in [-0.1, -0.05) is 20.3 Å². The molecule has 0 spiro atoms. The van der Waals surface area contributed by atoms with Crippen LogP contribution in [0.25, 0.3) is 21.7 Å². The molecular weight excluding hydrogens is 518 g/mol. The highest BCUT2D eigenvalue weighted by Crippen LogP contribution is 2.46. The monoisotopic (exact) mass is 547 g/mol. The van der Waals surface area contributed by atoms with Crippen LogP contribution >= 0.6 is 11.6 Å². The van der Waals surface area contributed by atoms with Gasteiger partial charge in [-0.3, -0.25) is 14.4 Å². The van der Waals surface area contributed by atoms with Gasteiger partial charge in [-0.05, 0) is 59.8 Å². The molecule has 9 heteroatoms. The number of hydrogen-bond donors (Lipinski definition) is 3. The molecule has 0 saturated carbocycles. The van der Waals surface area contributed by atoms with Crippen LogP contribution in [0.5, 0.6) is 5.75 Å². The number of halogens is 1. The molecule has 1 atom stereocenters. The molecule has 1 aliphatic heterocycles. The normalized spacial score (nSPS) is 14.5. The molecule has 3 N–H and O–H groups in total. The second kappa shape index (κ2) is 11.0. The number of fused-ring (bicyclic) bond motifs is 4. The first kappa shape index (κ1) is 26.6. The van der Waals surface area contributed by atoms with Gasteiger partial charge in [0.1, 0.15) is 11.3 Å².